The van der Waals surface area contributed by atoms with Gasteiger partial charge in [0.15, 0.2) is 0 Å². The van der Waals surface area contributed by atoms with Gasteiger partial charge in [-0.05, 0) is 57.0 Å². The number of fused-ring (bicyclic) bond motifs is 1. The van der Waals surface area contributed by atoms with Gasteiger partial charge in [-0.1, -0.05) is 64.4 Å². The molecule has 0 amide bonds. The normalized spacial score (nSPS) is 25.7. The van der Waals surface area contributed by atoms with Crippen LogP contribution in [0.4, 0.5) is 0 Å². The van der Waals surface area contributed by atoms with E-state index in [9.17, 15) is 0 Å². The van der Waals surface area contributed by atoms with E-state index in [-0.39, 0.29) is 11.0 Å². The van der Waals surface area contributed by atoms with Gasteiger partial charge in [-0.2, -0.15) is 0 Å². The third kappa shape index (κ3) is 2.83. The zero-order valence-corrected chi connectivity index (χ0v) is 18.6. The van der Waals surface area contributed by atoms with Crippen LogP contribution in [0.1, 0.15) is 68.7 Å². The molecule has 3 heteroatoms. The molecule has 0 saturated carbocycles. The minimum atomic E-state index is 0.104. The molecular formula is C23H37BN2. The van der Waals surface area contributed by atoms with Gasteiger partial charge < -0.3 is 9.62 Å². The van der Waals surface area contributed by atoms with Crippen molar-refractivity contribution >= 4 is 18.2 Å². The fraction of sp³-hybridized carbons (Fsp3) is 0.652. The lowest BCUT2D eigenvalue weighted by Gasteiger charge is -2.48. The van der Waals surface area contributed by atoms with Crippen molar-refractivity contribution in [2.75, 3.05) is 7.05 Å². The smallest absolute Gasteiger partial charge is 0.375 e. The summed E-state index contributed by atoms with van der Waals surface area (Å²) in [7, 11) is 2.30. The quantitative estimate of drug-likeness (QED) is 0.708. The Bertz CT molecular complexity index is 828. The molecule has 2 aliphatic heterocycles. The maximum absolute atomic E-state index is 2.78. The van der Waals surface area contributed by atoms with Crippen LogP contribution in [0.2, 0.25) is 0 Å². The van der Waals surface area contributed by atoms with Crippen LogP contribution in [0.25, 0.3) is 11.2 Å². The fourth-order valence-corrected chi connectivity index (χ4v) is 5.90. The second-order valence-electron chi connectivity index (χ2n) is 10.9. The van der Waals surface area contributed by atoms with Crippen LogP contribution in [-0.2, 0) is 0 Å². The van der Waals surface area contributed by atoms with E-state index in [0.717, 1.165) is 0 Å². The van der Waals surface area contributed by atoms with Crippen LogP contribution in [0.15, 0.2) is 24.3 Å². The summed E-state index contributed by atoms with van der Waals surface area (Å²) >= 11 is 0. The number of rotatable bonds is 1. The zero-order chi connectivity index (χ0) is 19.7. The first kappa shape index (κ1) is 19.5. The number of hydrogen-bond acceptors (Lipinski definition) is 2. The second-order valence-corrected chi connectivity index (χ2v) is 10.9. The van der Waals surface area contributed by atoms with Gasteiger partial charge in [-0.3, -0.25) is 0 Å². The summed E-state index contributed by atoms with van der Waals surface area (Å²) in [4.78, 5) is 5.35. The van der Waals surface area contributed by atoms with Gasteiger partial charge in [0, 0.05) is 22.7 Å². The molecule has 0 aliphatic carbocycles. The van der Waals surface area contributed by atoms with Crippen LogP contribution in [0.3, 0.4) is 0 Å². The van der Waals surface area contributed by atoms with E-state index in [2.05, 4.69) is 103 Å². The van der Waals surface area contributed by atoms with Crippen LogP contribution < -0.4 is 10.4 Å². The van der Waals surface area contributed by atoms with Crippen molar-refractivity contribution in [3.05, 3.63) is 34.7 Å². The van der Waals surface area contributed by atoms with Gasteiger partial charge in [0.1, 0.15) is 0 Å². The molecule has 0 aromatic heterocycles. The first-order chi connectivity index (χ1) is 11.8. The molecule has 0 radical (unpaired) electrons. The molecule has 1 aromatic carbocycles. The number of benzene rings is 1. The van der Waals surface area contributed by atoms with E-state index in [1.54, 1.807) is 0 Å². The molecule has 1 aromatic rings. The molecule has 0 unspecified atom stereocenters. The Morgan fingerprint density at radius 3 is 2.04 bits per heavy atom. The minimum Gasteiger partial charge on any atom is -0.403 e. The zero-order valence-electron chi connectivity index (χ0n) is 18.6. The highest BCUT2D eigenvalue weighted by molar-refractivity contribution is 6.73. The van der Waals surface area contributed by atoms with Crippen molar-refractivity contribution in [1.29, 1.82) is 0 Å². The van der Waals surface area contributed by atoms with E-state index in [1.165, 1.54) is 28.0 Å². The van der Waals surface area contributed by atoms with Crippen LogP contribution in [0, 0.1) is 10.8 Å². The van der Waals surface area contributed by atoms with E-state index in [0.29, 0.717) is 18.4 Å². The fourth-order valence-electron chi connectivity index (χ4n) is 5.90. The predicted octanol–water partition coefficient (Wildman–Crippen LogP) is 3.88. The summed E-state index contributed by atoms with van der Waals surface area (Å²) in [5.74, 6) is 0. The highest BCUT2D eigenvalue weighted by Gasteiger charge is 2.54. The van der Waals surface area contributed by atoms with Crippen LogP contribution in [0.5, 0.6) is 0 Å². The predicted molar refractivity (Wildman–Crippen MR) is 115 cm³/mol. The van der Waals surface area contributed by atoms with Crippen molar-refractivity contribution in [2.45, 2.75) is 80.3 Å². The molecule has 1 fully saturated rings. The molecular weight excluding hydrogens is 315 g/mol. The Balaban J connectivity index is 2.29. The van der Waals surface area contributed by atoms with Gasteiger partial charge in [-0.25, -0.2) is 0 Å². The van der Waals surface area contributed by atoms with Crippen LogP contribution in [-0.4, -0.2) is 35.2 Å². The number of nitrogens with zero attached hydrogens (tertiary/aromatic N) is 2. The largest absolute Gasteiger partial charge is 0.403 e. The second kappa shape index (κ2) is 5.89. The molecule has 0 N–H and O–H groups in total. The lowest BCUT2D eigenvalue weighted by Crippen LogP contribution is -2.64. The van der Waals surface area contributed by atoms with Crippen LogP contribution >= 0.6 is 0 Å². The molecule has 2 heterocycles. The Hall–Kier alpha value is -1.22. The lowest BCUT2D eigenvalue weighted by atomic mass is 9.58. The molecule has 0 spiro atoms. The minimum absolute atomic E-state index is 0.104. The number of hydrogen-bond donors (Lipinski definition) is 0. The first-order valence-corrected chi connectivity index (χ1v) is 10.1. The Kier molecular flexibility index (Phi) is 4.43. The highest BCUT2D eigenvalue weighted by atomic mass is 15.3. The molecule has 1 atom stereocenters. The van der Waals surface area contributed by atoms with E-state index in [1.807, 2.05) is 0 Å². The summed E-state index contributed by atoms with van der Waals surface area (Å²) in [6.45, 7) is 21.8. The highest BCUT2D eigenvalue weighted by Crippen LogP contribution is 2.48. The SMILES string of the molecule is CC1=c2ccccc2=C(C(C)(C)C)N(C)B1N1[C@@H](C)C(C)(C)CC1(C)C. The molecule has 142 valence electrons. The van der Waals surface area contributed by atoms with Crippen molar-refractivity contribution < 1.29 is 0 Å². The molecule has 1 saturated heterocycles. The average Bonchev–Trinajstić information content (AvgIpc) is 2.63. The van der Waals surface area contributed by atoms with Gasteiger partial charge in [0.05, 0.1) is 0 Å². The van der Waals surface area contributed by atoms with Crippen molar-refractivity contribution in [2.24, 2.45) is 10.8 Å². The van der Waals surface area contributed by atoms with Gasteiger partial charge in [-0.15, -0.1) is 0 Å². The monoisotopic (exact) mass is 352 g/mol. The maximum Gasteiger partial charge on any atom is 0.375 e. The summed E-state index contributed by atoms with van der Waals surface area (Å²) in [6, 6.07) is 9.51. The standard InChI is InChI=1S/C23H37BN2/c1-16-18-13-11-12-14-19(18)20(21(3,4)5)25(10)24(16)26-17(2)22(6,7)15-23(26,8)9/h11-14,17H,15H2,1-10H3/t17-/m0/s1. The van der Waals surface area contributed by atoms with E-state index >= 15 is 0 Å². The molecule has 26 heavy (non-hydrogen) atoms. The maximum atomic E-state index is 2.78. The van der Waals surface area contributed by atoms with E-state index in [4.69, 9.17) is 0 Å². The molecule has 0 bridgehead atoms. The van der Waals surface area contributed by atoms with E-state index < -0.39 is 0 Å². The van der Waals surface area contributed by atoms with Gasteiger partial charge in [0.25, 0.3) is 0 Å². The van der Waals surface area contributed by atoms with Crippen molar-refractivity contribution in [1.82, 2.24) is 9.62 Å². The van der Waals surface area contributed by atoms with Crippen molar-refractivity contribution in [3.63, 3.8) is 0 Å². The first-order valence-electron chi connectivity index (χ1n) is 10.1. The Morgan fingerprint density at radius 2 is 1.58 bits per heavy atom. The Labute approximate surface area is 161 Å². The van der Waals surface area contributed by atoms with Gasteiger partial charge >= 0.3 is 6.98 Å². The van der Waals surface area contributed by atoms with Crippen molar-refractivity contribution in [3.8, 4) is 0 Å². The summed E-state index contributed by atoms with van der Waals surface area (Å²) in [5.41, 5.74) is 3.54. The third-order valence-corrected chi connectivity index (χ3v) is 6.82. The topological polar surface area (TPSA) is 6.48 Å². The third-order valence-electron chi connectivity index (χ3n) is 6.82. The Morgan fingerprint density at radius 1 is 1.04 bits per heavy atom. The summed E-state index contributed by atoms with van der Waals surface area (Å²) in [5, 5.41) is 2.83. The summed E-state index contributed by atoms with van der Waals surface area (Å²) in [6.07, 6.45) is 1.23. The summed E-state index contributed by atoms with van der Waals surface area (Å²) < 4.78 is 0. The molecule has 2 aliphatic rings. The molecule has 2 nitrogen and oxygen atoms in total. The molecule has 3 rings (SSSR count). The average molecular weight is 352 g/mol. The lowest BCUT2D eigenvalue weighted by molar-refractivity contribution is 0.222. The van der Waals surface area contributed by atoms with Gasteiger partial charge in [0.2, 0.25) is 0 Å².